The van der Waals surface area contributed by atoms with Gasteiger partial charge in [0.05, 0.1) is 19.7 Å². The number of aryl methyl sites for hydroxylation is 1. The lowest BCUT2D eigenvalue weighted by Crippen LogP contribution is -2.40. The van der Waals surface area contributed by atoms with Crippen LogP contribution >= 0.6 is 11.3 Å². The lowest BCUT2D eigenvalue weighted by Gasteiger charge is -2.28. The molecule has 0 spiro atoms. The van der Waals surface area contributed by atoms with Crippen LogP contribution < -0.4 is 10.1 Å². The lowest BCUT2D eigenvalue weighted by atomic mass is 9.95. The number of ether oxygens (including phenoxy) is 1. The van der Waals surface area contributed by atoms with E-state index in [1.165, 1.54) is 46.0 Å². The molecule has 1 N–H and O–H groups in total. The minimum Gasteiger partial charge on any atom is -0.497 e. The van der Waals surface area contributed by atoms with Crippen molar-refractivity contribution in [1.29, 1.82) is 0 Å². The van der Waals surface area contributed by atoms with E-state index in [4.69, 9.17) is 4.74 Å². The molecule has 1 aromatic carbocycles. The Kier molecular flexibility index (Phi) is 5.03. The van der Waals surface area contributed by atoms with Gasteiger partial charge in [-0.25, -0.2) is 4.79 Å². The van der Waals surface area contributed by atoms with Gasteiger partial charge in [-0.2, -0.15) is 0 Å². The molecule has 1 aliphatic carbocycles. The number of urea groups is 1. The van der Waals surface area contributed by atoms with Crippen molar-refractivity contribution in [3.63, 3.8) is 0 Å². The third kappa shape index (κ3) is 3.29. The molecule has 5 nitrogen and oxygen atoms in total. The average Bonchev–Trinajstić information content (AvgIpc) is 3.38. The smallest absolute Gasteiger partial charge is 0.318 e. The van der Waals surface area contributed by atoms with Crippen molar-refractivity contribution in [2.45, 2.75) is 51.7 Å². The van der Waals surface area contributed by atoms with Crippen LogP contribution in [0.15, 0.2) is 42.6 Å². The second kappa shape index (κ2) is 7.84. The molecule has 5 rings (SSSR count). The molecular weight excluding hydrogens is 394 g/mol. The van der Waals surface area contributed by atoms with Crippen molar-refractivity contribution < 1.29 is 9.53 Å². The first kappa shape index (κ1) is 19.2. The Labute approximate surface area is 181 Å². The van der Waals surface area contributed by atoms with Crippen LogP contribution in [0.1, 0.15) is 53.1 Å². The van der Waals surface area contributed by atoms with E-state index in [1.54, 1.807) is 7.11 Å². The summed E-state index contributed by atoms with van der Waals surface area (Å²) in [5.41, 5.74) is 5.03. The quantitative estimate of drug-likeness (QED) is 0.631. The van der Waals surface area contributed by atoms with E-state index in [-0.39, 0.29) is 12.1 Å². The minimum atomic E-state index is -0.0262. The number of carbonyl (C=O) groups excluding carboxylic acids is 1. The Hall–Kier alpha value is -2.73. The third-order valence-corrected chi connectivity index (χ3v) is 7.65. The average molecular weight is 422 g/mol. The van der Waals surface area contributed by atoms with Gasteiger partial charge in [0.15, 0.2) is 0 Å². The summed E-state index contributed by atoms with van der Waals surface area (Å²) >= 11 is 1.92. The third-order valence-electron chi connectivity index (χ3n) is 6.32. The van der Waals surface area contributed by atoms with Crippen LogP contribution in [-0.2, 0) is 25.9 Å². The first-order valence-electron chi connectivity index (χ1n) is 10.6. The number of nitrogens with one attached hydrogen (secondary N) is 1. The fourth-order valence-electron chi connectivity index (χ4n) is 4.67. The Morgan fingerprint density at radius 1 is 1.20 bits per heavy atom. The molecule has 2 amide bonds. The standard InChI is InChI=1S/C24H27N3O2S/c1-16-21-10-6-12-26(21)23-20(19-9-3-4-11-22(19)30-23)15-27(16)24(28)25-14-17-7-5-8-18(13-17)29-2/h5-8,10,12-13,16H,3-4,9,11,14-15H2,1-2H3,(H,25,28)/t16-/m1/s1. The maximum atomic E-state index is 13.3. The molecule has 30 heavy (non-hydrogen) atoms. The summed E-state index contributed by atoms with van der Waals surface area (Å²) < 4.78 is 7.60. The highest BCUT2D eigenvalue weighted by molar-refractivity contribution is 7.15. The Morgan fingerprint density at radius 3 is 2.93 bits per heavy atom. The van der Waals surface area contributed by atoms with E-state index in [0.717, 1.165) is 17.7 Å². The topological polar surface area (TPSA) is 46.5 Å². The molecule has 0 radical (unpaired) electrons. The normalized spacial score (nSPS) is 17.5. The molecule has 2 aromatic heterocycles. The van der Waals surface area contributed by atoms with Gasteiger partial charge in [0.25, 0.3) is 0 Å². The molecule has 1 aliphatic heterocycles. The van der Waals surface area contributed by atoms with E-state index >= 15 is 0 Å². The lowest BCUT2D eigenvalue weighted by molar-refractivity contribution is 0.174. The van der Waals surface area contributed by atoms with Crippen molar-refractivity contribution >= 4 is 17.4 Å². The van der Waals surface area contributed by atoms with Gasteiger partial charge < -0.3 is 19.5 Å². The van der Waals surface area contributed by atoms with Crippen molar-refractivity contribution in [3.05, 3.63) is 69.9 Å². The van der Waals surface area contributed by atoms with Crippen LogP contribution in [0.5, 0.6) is 5.75 Å². The zero-order chi connectivity index (χ0) is 20.7. The van der Waals surface area contributed by atoms with Crippen molar-refractivity contribution in [3.8, 4) is 10.8 Å². The first-order chi connectivity index (χ1) is 14.7. The predicted molar refractivity (Wildman–Crippen MR) is 119 cm³/mol. The minimum absolute atomic E-state index is 0.00384. The van der Waals surface area contributed by atoms with Gasteiger partial charge in [-0.3, -0.25) is 0 Å². The van der Waals surface area contributed by atoms with Crippen LogP contribution in [-0.4, -0.2) is 22.6 Å². The number of hydrogen-bond acceptors (Lipinski definition) is 3. The summed E-state index contributed by atoms with van der Waals surface area (Å²) in [6.45, 7) is 3.27. The molecule has 0 unspecified atom stereocenters. The number of amides is 2. The fraction of sp³-hybridized carbons (Fsp3) is 0.375. The van der Waals surface area contributed by atoms with Gasteiger partial charge in [-0.1, -0.05) is 12.1 Å². The SMILES string of the molecule is COc1cccc(CNC(=O)N2Cc3c(sc4c3CCCC4)-n3cccc3[C@H]2C)c1. The number of hydrogen-bond donors (Lipinski definition) is 1. The zero-order valence-electron chi connectivity index (χ0n) is 17.5. The van der Waals surface area contributed by atoms with E-state index in [0.29, 0.717) is 13.1 Å². The number of carbonyl (C=O) groups is 1. The molecule has 1 atom stereocenters. The molecule has 6 heteroatoms. The second-order valence-corrected chi connectivity index (χ2v) is 9.20. The summed E-state index contributed by atoms with van der Waals surface area (Å²) in [5.74, 6) is 0.803. The van der Waals surface area contributed by atoms with Crippen LogP contribution in [0.4, 0.5) is 4.79 Å². The van der Waals surface area contributed by atoms with Gasteiger partial charge in [-0.05, 0) is 68.0 Å². The van der Waals surface area contributed by atoms with Gasteiger partial charge in [0.2, 0.25) is 0 Å². The first-order valence-corrected chi connectivity index (χ1v) is 11.5. The Bertz CT molecular complexity index is 1080. The molecule has 0 bridgehead atoms. The zero-order valence-corrected chi connectivity index (χ0v) is 18.3. The molecule has 0 fully saturated rings. The van der Waals surface area contributed by atoms with E-state index in [9.17, 15) is 4.79 Å². The molecule has 0 saturated carbocycles. The van der Waals surface area contributed by atoms with Crippen LogP contribution in [0.2, 0.25) is 0 Å². The number of methoxy groups -OCH3 is 1. The highest BCUT2D eigenvalue weighted by Crippen LogP contribution is 2.42. The number of rotatable bonds is 3. The summed E-state index contributed by atoms with van der Waals surface area (Å²) in [6.07, 6.45) is 6.95. The van der Waals surface area contributed by atoms with Gasteiger partial charge in [0.1, 0.15) is 10.8 Å². The van der Waals surface area contributed by atoms with Gasteiger partial charge in [0, 0.05) is 28.9 Å². The highest BCUT2D eigenvalue weighted by Gasteiger charge is 2.32. The predicted octanol–water partition coefficient (Wildman–Crippen LogP) is 5.21. The van der Waals surface area contributed by atoms with Crippen molar-refractivity contribution in [1.82, 2.24) is 14.8 Å². The van der Waals surface area contributed by atoms with E-state index < -0.39 is 0 Å². The van der Waals surface area contributed by atoms with Crippen molar-refractivity contribution in [2.75, 3.05) is 7.11 Å². The number of aromatic nitrogens is 1. The number of benzene rings is 1. The molecule has 3 heterocycles. The molecule has 0 saturated heterocycles. The number of thiophene rings is 1. The van der Waals surface area contributed by atoms with Crippen LogP contribution in [0.25, 0.3) is 5.00 Å². The largest absolute Gasteiger partial charge is 0.497 e. The highest BCUT2D eigenvalue weighted by atomic mass is 32.1. The summed E-state index contributed by atoms with van der Waals surface area (Å²) in [7, 11) is 1.66. The summed E-state index contributed by atoms with van der Waals surface area (Å²) in [4.78, 5) is 16.8. The van der Waals surface area contributed by atoms with Gasteiger partial charge >= 0.3 is 6.03 Å². The number of fused-ring (bicyclic) bond motifs is 5. The number of nitrogens with zero attached hydrogens (tertiary/aromatic N) is 2. The van der Waals surface area contributed by atoms with E-state index in [2.05, 4.69) is 35.1 Å². The summed E-state index contributed by atoms with van der Waals surface area (Å²) in [5, 5.41) is 4.43. The van der Waals surface area contributed by atoms with Crippen LogP contribution in [0.3, 0.4) is 0 Å². The maximum absolute atomic E-state index is 13.3. The fourth-order valence-corrected chi connectivity index (χ4v) is 6.07. The molecule has 3 aromatic rings. The van der Waals surface area contributed by atoms with Crippen LogP contribution in [0, 0.1) is 0 Å². The molecule has 2 aliphatic rings. The Morgan fingerprint density at radius 2 is 2.07 bits per heavy atom. The van der Waals surface area contributed by atoms with E-state index in [1.807, 2.05) is 40.5 Å². The molecule has 156 valence electrons. The monoisotopic (exact) mass is 421 g/mol. The molecular formula is C24H27N3O2S. The van der Waals surface area contributed by atoms with Crippen molar-refractivity contribution in [2.24, 2.45) is 0 Å². The Balaban J connectivity index is 1.44. The maximum Gasteiger partial charge on any atom is 0.318 e. The summed E-state index contributed by atoms with van der Waals surface area (Å²) in [6, 6.07) is 12.0. The second-order valence-electron chi connectivity index (χ2n) is 8.11. The van der Waals surface area contributed by atoms with Gasteiger partial charge in [-0.15, -0.1) is 11.3 Å².